The van der Waals surface area contributed by atoms with Crippen LogP contribution in [0.2, 0.25) is 0 Å². The molecule has 0 atom stereocenters. The first-order valence-corrected chi connectivity index (χ1v) is 4.20. The first-order chi connectivity index (χ1) is 5.23. The Bertz CT molecular complexity index is 166. The maximum atomic E-state index is 6.20. The van der Waals surface area contributed by atoms with Crippen LogP contribution in [-0.2, 0) is 0 Å². The summed E-state index contributed by atoms with van der Waals surface area (Å²) in [4.78, 5) is 7.28. The highest BCUT2D eigenvalue weighted by atomic mass is 35.5. The van der Waals surface area contributed by atoms with Crippen molar-refractivity contribution in [2.45, 2.75) is 5.54 Å². The number of halogens is 3. The Labute approximate surface area is 103 Å². The zero-order chi connectivity index (χ0) is 7.47. The summed E-state index contributed by atoms with van der Waals surface area (Å²) in [5.74, 6) is 0. The van der Waals surface area contributed by atoms with E-state index in [1.807, 2.05) is 0 Å². The third-order valence-electron chi connectivity index (χ3n) is 2.82. The number of rotatable bonds is 0. The van der Waals surface area contributed by atoms with Gasteiger partial charge in [-0.15, -0.1) is 37.2 Å². The van der Waals surface area contributed by atoms with Crippen LogP contribution >= 0.6 is 37.2 Å². The van der Waals surface area contributed by atoms with Gasteiger partial charge in [-0.3, -0.25) is 14.7 Å². The molecule has 0 aromatic rings. The standard InChI is InChI=1S/C7H14N4.3ClH/c8-7-1-9-4-10(2-7)6-11(3-7)5-9;;;/h1-6,8H2;3*1H. The Morgan fingerprint density at radius 3 is 1.21 bits per heavy atom. The molecule has 86 valence electrons. The Balaban J connectivity index is 0.000000563. The van der Waals surface area contributed by atoms with E-state index in [4.69, 9.17) is 5.73 Å². The van der Waals surface area contributed by atoms with Gasteiger partial charge in [-0.1, -0.05) is 0 Å². The van der Waals surface area contributed by atoms with Crippen molar-refractivity contribution in [3.05, 3.63) is 0 Å². The molecule has 4 heterocycles. The molecular weight excluding hydrogens is 246 g/mol. The number of hydrogen-bond acceptors (Lipinski definition) is 4. The van der Waals surface area contributed by atoms with Gasteiger partial charge in [-0.25, -0.2) is 0 Å². The van der Waals surface area contributed by atoms with Gasteiger partial charge >= 0.3 is 0 Å². The second kappa shape index (κ2) is 4.70. The van der Waals surface area contributed by atoms with Crippen molar-refractivity contribution in [2.24, 2.45) is 5.73 Å². The molecule has 0 amide bonds. The van der Waals surface area contributed by atoms with Gasteiger partial charge in [0.2, 0.25) is 0 Å². The lowest BCUT2D eigenvalue weighted by atomic mass is 9.92. The van der Waals surface area contributed by atoms with Crippen LogP contribution in [-0.4, -0.2) is 59.9 Å². The first kappa shape index (κ1) is 14.7. The molecule has 0 aliphatic carbocycles. The van der Waals surface area contributed by atoms with Crippen LogP contribution in [0.4, 0.5) is 0 Å². The van der Waals surface area contributed by atoms with Crippen molar-refractivity contribution in [3.63, 3.8) is 0 Å². The van der Waals surface area contributed by atoms with E-state index in [9.17, 15) is 0 Å². The molecule has 0 spiro atoms. The molecule has 0 aromatic carbocycles. The molecule has 0 aromatic heterocycles. The van der Waals surface area contributed by atoms with Gasteiger partial charge in [0.25, 0.3) is 0 Å². The summed E-state index contributed by atoms with van der Waals surface area (Å²) in [6, 6.07) is 0. The fourth-order valence-corrected chi connectivity index (χ4v) is 2.77. The van der Waals surface area contributed by atoms with E-state index in [0.717, 1.165) is 39.6 Å². The molecule has 7 heteroatoms. The zero-order valence-corrected chi connectivity index (χ0v) is 10.3. The van der Waals surface area contributed by atoms with Crippen LogP contribution < -0.4 is 5.73 Å². The monoisotopic (exact) mass is 262 g/mol. The van der Waals surface area contributed by atoms with Crippen molar-refractivity contribution < 1.29 is 0 Å². The minimum absolute atomic E-state index is 0. The fourth-order valence-electron chi connectivity index (χ4n) is 2.77. The minimum atomic E-state index is 0. The predicted molar refractivity (Wildman–Crippen MR) is 63.4 cm³/mol. The van der Waals surface area contributed by atoms with Gasteiger partial charge in [0.1, 0.15) is 0 Å². The van der Waals surface area contributed by atoms with Crippen LogP contribution in [0.15, 0.2) is 0 Å². The lowest BCUT2D eigenvalue weighted by Crippen LogP contribution is -2.78. The summed E-state index contributed by atoms with van der Waals surface area (Å²) in [7, 11) is 0. The molecule has 0 unspecified atom stereocenters. The van der Waals surface area contributed by atoms with Crippen molar-refractivity contribution >= 4 is 37.2 Å². The van der Waals surface area contributed by atoms with Gasteiger partial charge in [-0.05, 0) is 0 Å². The molecular formula is C7H17Cl3N4. The molecule has 14 heavy (non-hydrogen) atoms. The molecule has 4 aliphatic heterocycles. The summed E-state index contributed by atoms with van der Waals surface area (Å²) in [6.45, 7) is 6.69. The van der Waals surface area contributed by atoms with Crippen molar-refractivity contribution in [3.8, 4) is 0 Å². The van der Waals surface area contributed by atoms with Gasteiger partial charge in [-0.2, -0.15) is 0 Å². The molecule has 4 nitrogen and oxygen atoms in total. The average molecular weight is 264 g/mol. The van der Waals surface area contributed by atoms with Crippen LogP contribution in [0.3, 0.4) is 0 Å². The van der Waals surface area contributed by atoms with E-state index in [0.29, 0.717) is 0 Å². The molecule has 4 saturated heterocycles. The number of nitrogens with two attached hydrogens (primary N) is 1. The third-order valence-corrected chi connectivity index (χ3v) is 2.82. The van der Waals surface area contributed by atoms with Crippen LogP contribution in [0.5, 0.6) is 0 Å². The van der Waals surface area contributed by atoms with Crippen LogP contribution in [0, 0.1) is 0 Å². The summed E-state index contributed by atoms with van der Waals surface area (Å²) in [5.41, 5.74) is 6.27. The molecule has 0 saturated carbocycles. The first-order valence-electron chi connectivity index (χ1n) is 4.20. The Hall–Kier alpha value is 0.710. The van der Waals surface area contributed by atoms with E-state index in [1.165, 1.54) is 0 Å². The lowest BCUT2D eigenvalue weighted by molar-refractivity contribution is -0.140. The molecule has 0 radical (unpaired) electrons. The van der Waals surface area contributed by atoms with E-state index in [1.54, 1.807) is 0 Å². The van der Waals surface area contributed by atoms with E-state index in [-0.39, 0.29) is 42.8 Å². The van der Waals surface area contributed by atoms with Crippen LogP contribution in [0.1, 0.15) is 0 Å². The second-order valence-corrected chi connectivity index (χ2v) is 4.27. The van der Waals surface area contributed by atoms with E-state index < -0.39 is 0 Å². The molecule has 2 N–H and O–H groups in total. The van der Waals surface area contributed by atoms with Gasteiger partial charge in [0.15, 0.2) is 0 Å². The highest BCUT2D eigenvalue weighted by molar-refractivity contribution is 5.86. The van der Waals surface area contributed by atoms with E-state index in [2.05, 4.69) is 14.7 Å². The molecule has 4 fully saturated rings. The maximum absolute atomic E-state index is 6.20. The minimum Gasteiger partial charge on any atom is -0.322 e. The Morgan fingerprint density at radius 1 is 0.714 bits per heavy atom. The normalized spacial score (nSPS) is 47.4. The molecule has 4 bridgehead atoms. The number of hydrogen-bond donors (Lipinski definition) is 1. The quantitative estimate of drug-likeness (QED) is 0.655. The maximum Gasteiger partial charge on any atom is 0.0544 e. The van der Waals surface area contributed by atoms with Crippen LogP contribution in [0.25, 0.3) is 0 Å². The predicted octanol–water partition coefficient (Wildman–Crippen LogP) is -0.231. The SMILES string of the molecule is Cl.Cl.Cl.NC12CN3CN(CN(C3)C1)C2. The smallest absolute Gasteiger partial charge is 0.0544 e. The average Bonchev–Trinajstić information content (AvgIpc) is 1.79. The second-order valence-electron chi connectivity index (χ2n) is 4.27. The van der Waals surface area contributed by atoms with Crippen molar-refractivity contribution in [1.29, 1.82) is 0 Å². The summed E-state index contributed by atoms with van der Waals surface area (Å²) in [6.07, 6.45) is 0. The molecule has 4 aliphatic rings. The van der Waals surface area contributed by atoms with Gasteiger partial charge in [0.05, 0.1) is 25.5 Å². The topological polar surface area (TPSA) is 35.7 Å². The molecule has 4 rings (SSSR count). The Kier molecular flexibility index (Phi) is 4.94. The third kappa shape index (κ3) is 2.27. The largest absolute Gasteiger partial charge is 0.322 e. The fraction of sp³-hybridized carbons (Fsp3) is 1.00. The summed E-state index contributed by atoms with van der Waals surface area (Å²) in [5, 5.41) is 0. The van der Waals surface area contributed by atoms with Crippen molar-refractivity contribution in [1.82, 2.24) is 14.7 Å². The highest BCUT2D eigenvalue weighted by Crippen LogP contribution is 2.26. The summed E-state index contributed by atoms with van der Waals surface area (Å²) < 4.78 is 0. The Morgan fingerprint density at radius 2 is 1.00 bits per heavy atom. The highest BCUT2D eigenvalue weighted by Gasteiger charge is 2.45. The lowest BCUT2D eigenvalue weighted by Gasteiger charge is -2.59. The zero-order valence-electron chi connectivity index (χ0n) is 7.89. The van der Waals surface area contributed by atoms with Gasteiger partial charge < -0.3 is 5.73 Å². The number of nitrogens with zero attached hydrogens (tertiary/aromatic N) is 3. The van der Waals surface area contributed by atoms with Gasteiger partial charge in [0, 0.05) is 19.6 Å². The van der Waals surface area contributed by atoms with E-state index >= 15 is 0 Å². The van der Waals surface area contributed by atoms with Crippen molar-refractivity contribution in [2.75, 3.05) is 39.6 Å². The summed E-state index contributed by atoms with van der Waals surface area (Å²) >= 11 is 0.